The number of aliphatic hydroxyl groups excluding tert-OH is 1. The Hall–Kier alpha value is -1.94. The maximum absolute atomic E-state index is 13.1. The van der Waals surface area contributed by atoms with Crippen LogP contribution in [0.2, 0.25) is 0 Å². The van der Waals surface area contributed by atoms with Gasteiger partial charge in [0.25, 0.3) is 0 Å². The minimum absolute atomic E-state index is 0.106. The molecule has 0 aliphatic heterocycles. The van der Waals surface area contributed by atoms with Crippen molar-refractivity contribution in [3.05, 3.63) is 0 Å². The zero-order chi connectivity index (χ0) is 75.6. The standard InChI is InChI=1S/C84H164O17P2/c1-7-10-12-14-16-17-18-19-20-21-22-23-24-28-31-34-37-43-49-55-61-67-82(87)95-73-80(101-83(88)68-62-56-50-44-38-35-32-29-26-25-27-30-33-36-42-48-53-59-65-77(6)9-3)75-99-103(92,93)97-71-78(85)70-96-102(90,91)98-74-79(72-94-81(86)66-60-54-46-15-13-11-8-2)100-84(89)69-63-57-51-45-40-39-41-47-52-58-64-76(4)5/h76-80,85H,7-75H2,1-6H3,(H,90,91)(H,92,93)/t77?,78-,79+,80+/m0/s1. The fourth-order valence-electron chi connectivity index (χ4n) is 13.0. The minimum Gasteiger partial charge on any atom is -0.462 e. The van der Waals surface area contributed by atoms with Crippen molar-refractivity contribution in [2.75, 3.05) is 39.6 Å². The zero-order valence-corrected chi connectivity index (χ0v) is 69.4. The first-order valence-corrected chi connectivity index (χ1v) is 46.5. The fraction of sp³-hybridized carbons (Fsp3) is 0.952. The summed E-state index contributed by atoms with van der Waals surface area (Å²) in [6.45, 7) is 9.66. The molecule has 0 radical (unpaired) electrons. The van der Waals surface area contributed by atoms with Crippen LogP contribution in [0, 0.1) is 11.8 Å². The predicted octanol–water partition coefficient (Wildman–Crippen LogP) is 25.5. The first-order chi connectivity index (χ1) is 49.9. The number of hydrogen-bond donors (Lipinski definition) is 3. The average Bonchev–Trinajstić information content (AvgIpc) is 0.909. The number of phosphoric acid groups is 2. The molecule has 0 saturated heterocycles. The molecular weight excluding hydrogens is 1340 g/mol. The number of carbonyl (C=O) groups is 4. The molecule has 612 valence electrons. The van der Waals surface area contributed by atoms with Crippen LogP contribution in [0.5, 0.6) is 0 Å². The summed E-state index contributed by atoms with van der Waals surface area (Å²) in [4.78, 5) is 72.9. The van der Waals surface area contributed by atoms with Crippen LogP contribution in [0.15, 0.2) is 0 Å². The Morgan fingerprint density at radius 3 is 0.738 bits per heavy atom. The van der Waals surface area contributed by atoms with Gasteiger partial charge in [0.15, 0.2) is 12.2 Å². The third kappa shape index (κ3) is 76.6. The first kappa shape index (κ1) is 101. The zero-order valence-electron chi connectivity index (χ0n) is 67.6. The maximum atomic E-state index is 13.1. The second-order valence-corrected chi connectivity index (χ2v) is 33.8. The number of unbranched alkanes of at least 4 members (excludes halogenated alkanes) is 52. The number of aliphatic hydroxyl groups is 1. The fourth-order valence-corrected chi connectivity index (χ4v) is 14.6. The Kier molecular flexibility index (Phi) is 74.1. The van der Waals surface area contributed by atoms with E-state index in [0.29, 0.717) is 25.7 Å². The van der Waals surface area contributed by atoms with Gasteiger partial charge in [0.05, 0.1) is 26.4 Å². The van der Waals surface area contributed by atoms with Crippen molar-refractivity contribution >= 4 is 39.5 Å². The van der Waals surface area contributed by atoms with Crippen LogP contribution in [0.25, 0.3) is 0 Å². The van der Waals surface area contributed by atoms with E-state index in [0.717, 1.165) is 115 Å². The molecule has 0 aromatic carbocycles. The van der Waals surface area contributed by atoms with Crippen molar-refractivity contribution in [2.45, 2.75) is 464 Å². The number of hydrogen-bond acceptors (Lipinski definition) is 15. The van der Waals surface area contributed by atoms with Gasteiger partial charge in [-0.15, -0.1) is 0 Å². The lowest BCUT2D eigenvalue weighted by atomic mass is 9.99. The van der Waals surface area contributed by atoms with Crippen LogP contribution in [0.3, 0.4) is 0 Å². The highest BCUT2D eigenvalue weighted by Crippen LogP contribution is 2.45. The Labute approximate surface area is 632 Å². The van der Waals surface area contributed by atoms with E-state index in [1.165, 1.54) is 250 Å². The van der Waals surface area contributed by atoms with E-state index >= 15 is 0 Å². The van der Waals surface area contributed by atoms with Crippen LogP contribution < -0.4 is 0 Å². The van der Waals surface area contributed by atoms with E-state index < -0.39 is 97.5 Å². The van der Waals surface area contributed by atoms with Gasteiger partial charge >= 0.3 is 39.5 Å². The lowest BCUT2D eigenvalue weighted by Gasteiger charge is -2.21. The van der Waals surface area contributed by atoms with Crippen molar-refractivity contribution in [3.8, 4) is 0 Å². The van der Waals surface area contributed by atoms with Crippen molar-refractivity contribution in [1.29, 1.82) is 0 Å². The van der Waals surface area contributed by atoms with Crippen molar-refractivity contribution in [1.82, 2.24) is 0 Å². The molecule has 0 fully saturated rings. The van der Waals surface area contributed by atoms with Crippen molar-refractivity contribution in [2.24, 2.45) is 11.8 Å². The van der Waals surface area contributed by atoms with Gasteiger partial charge in [0.1, 0.15) is 19.3 Å². The molecular formula is C84H164O17P2. The van der Waals surface area contributed by atoms with Gasteiger partial charge in [0, 0.05) is 25.7 Å². The van der Waals surface area contributed by atoms with Gasteiger partial charge in [-0.2, -0.15) is 0 Å². The SMILES string of the molecule is CCCCCCCCCCCCCCCCCCCCCCCC(=O)OC[C@H](COP(=O)(O)OC[C@@H](O)COP(=O)(O)OC[C@@H](COC(=O)CCCCCCCCC)OC(=O)CCCCCCCCCCCCC(C)C)OC(=O)CCCCCCCCCCCCCCCCCCCCC(C)CC. The summed E-state index contributed by atoms with van der Waals surface area (Å²) in [5.74, 6) is -0.489. The van der Waals surface area contributed by atoms with Crippen LogP contribution in [0.1, 0.15) is 446 Å². The molecule has 0 amide bonds. The van der Waals surface area contributed by atoms with Gasteiger partial charge in [-0.25, -0.2) is 9.13 Å². The average molecular weight is 1510 g/mol. The van der Waals surface area contributed by atoms with Crippen LogP contribution >= 0.6 is 15.6 Å². The van der Waals surface area contributed by atoms with Gasteiger partial charge in [-0.05, 0) is 37.5 Å². The summed E-state index contributed by atoms with van der Waals surface area (Å²) in [7, 11) is -9.92. The number of phosphoric ester groups is 2. The molecule has 3 N–H and O–H groups in total. The van der Waals surface area contributed by atoms with E-state index in [2.05, 4.69) is 41.5 Å². The number of rotatable bonds is 83. The quantitative estimate of drug-likeness (QED) is 0.0222. The molecule has 0 spiro atoms. The maximum Gasteiger partial charge on any atom is 0.472 e. The molecule has 6 atom stereocenters. The molecule has 17 nitrogen and oxygen atoms in total. The molecule has 0 aliphatic rings. The second-order valence-electron chi connectivity index (χ2n) is 30.9. The number of ether oxygens (including phenoxy) is 4. The molecule has 19 heteroatoms. The Morgan fingerprint density at radius 2 is 0.495 bits per heavy atom. The summed E-state index contributed by atoms with van der Waals surface area (Å²) >= 11 is 0. The third-order valence-corrected chi connectivity index (χ3v) is 22.0. The normalized spacial score (nSPS) is 14.1. The predicted molar refractivity (Wildman–Crippen MR) is 423 cm³/mol. The molecule has 0 rings (SSSR count). The van der Waals surface area contributed by atoms with Crippen molar-refractivity contribution in [3.63, 3.8) is 0 Å². The summed E-state index contributed by atoms with van der Waals surface area (Å²) in [6.07, 6.45) is 67.0. The monoisotopic (exact) mass is 1510 g/mol. The smallest absolute Gasteiger partial charge is 0.462 e. The molecule has 0 aromatic heterocycles. The van der Waals surface area contributed by atoms with E-state index in [1.54, 1.807) is 0 Å². The highest BCUT2D eigenvalue weighted by atomic mass is 31.2. The molecule has 0 saturated carbocycles. The molecule has 0 heterocycles. The topological polar surface area (TPSA) is 237 Å². The van der Waals surface area contributed by atoms with Crippen LogP contribution in [-0.4, -0.2) is 96.7 Å². The Morgan fingerprint density at radius 1 is 0.282 bits per heavy atom. The highest BCUT2D eigenvalue weighted by Gasteiger charge is 2.30. The van der Waals surface area contributed by atoms with Crippen LogP contribution in [0.4, 0.5) is 0 Å². The third-order valence-electron chi connectivity index (χ3n) is 20.1. The van der Waals surface area contributed by atoms with Crippen molar-refractivity contribution < 1.29 is 80.2 Å². The molecule has 3 unspecified atom stereocenters. The van der Waals surface area contributed by atoms with Gasteiger partial charge < -0.3 is 33.8 Å². The van der Waals surface area contributed by atoms with Gasteiger partial charge in [-0.3, -0.25) is 37.3 Å². The highest BCUT2D eigenvalue weighted by molar-refractivity contribution is 7.47. The van der Waals surface area contributed by atoms with E-state index in [4.69, 9.17) is 37.0 Å². The van der Waals surface area contributed by atoms with Crippen LogP contribution in [-0.2, 0) is 65.4 Å². The largest absolute Gasteiger partial charge is 0.472 e. The number of esters is 4. The molecule has 0 aliphatic carbocycles. The second kappa shape index (κ2) is 75.5. The minimum atomic E-state index is -4.96. The molecule has 103 heavy (non-hydrogen) atoms. The lowest BCUT2D eigenvalue weighted by molar-refractivity contribution is -0.161. The molecule has 0 aromatic rings. The summed E-state index contributed by atoms with van der Waals surface area (Å²) in [5, 5.41) is 10.6. The van der Waals surface area contributed by atoms with E-state index in [-0.39, 0.29) is 25.7 Å². The van der Waals surface area contributed by atoms with Gasteiger partial charge in [0.2, 0.25) is 0 Å². The lowest BCUT2D eigenvalue weighted by Crippen LogP contribution is -2.30. The summed E-state index contributed by atoms with van der Waals surface area (Å²) in [6, 6.07) is 0. The Bertz CT molecular complexity index is 1980. The number of carbonyl (C=O) groups excluding carboxylic acids is 4. The molecule has 0 bridgehead atoms. The van der Waals surface area contributed by atoms with Gasteiger partial charge in [-0.1, -0.05) is 395 Å². The summed E-state index contributed by atoms with van der Waals surface area (Å²) in [5.41, 5.74) is 0. The van der Waals surface area contributed by atoms with E-state index in [1.807, 2.05) is 0 Å². The first-order valence-electron chi connectivity index (χ1n) is 43.5. The Balaban J connectivity index is 5.15. The summed E-state index contributed by atoms with van der Waals surface area (Å²) < 4.78 is 68.7. The van der Waals surface area contributed by atoms with E-state index in [9.17, 15) is 43.2 Å².